The molecule has 2 unspecified atom stereocenters. The Labute approximate surface area is 548 Å². The molecule has 0 aliphatic rings. The zero-order valence-corrected chi connectivity index (χ0v) is 59.5. The third-order valence-corrected chi connectivity index (χ3v) is 17.8. The fourth-order valence-corrected chi connectivity index (χ4v) is 11.9. The van der Waals surface area contributed by atoms with Crippen LogP contribution in [0.4, 0.5) is 0 Å². The molecule has 0 saturated heterocycles. The number of phosphoric ester groups is 2. The maximum Gasteiger partial charge on any atom is 0.472 e. The molecule has 0 aliphatic heterocycles. The summed E-state index contributed by atoms with van der Waals surface area (Å²) in [5.74, 6) is -1.36. The molecule has 0 radical (unpaired) electrons. The summed E-state index contributed by atoms with van der Waals surface area (Å²) in [4.78, 5) is 72.4. The Morgan fingerprint density at radius 3 is 0.911 bits per heavy atom. The van der Waals surface area contributed by atoms with Crippen molar-refractivity contribution in [1.29, 1.82) is 0 Å². The van der Waals surface area contributed by atoms with Crippen molar-refractivity contribution in [1.82, 2.24) is 0 Å². The first kappa shape index (κ1) is 87.5. The number of rotatable bonds is 69. The van der Waals surface area contributed by atoms with Gasteiger partial charge in [0, 0.05) is 25.7 Å². The highest BCUT2D eigenvalue weighted by Gasteiger charge is 2.30. The largest absolute Gasteiger partial charge is 0.472 e. The predicted octanol–water partition coefficient (Wildman–Crippen LogP) is 20.1. The van der Waals surface area contributed by atoms with Crippen molar-refractivity contribution < 1.29 is 80.2 Å². The SMILES string of the molecule is CCCCCC/C=C\C=C/CCCCCCCC(=O)OC[C@H](COP(=O)(O)OC[C@@H](O)COP(=O)(O)OC[C@@H](COC(=O)CCCCCCCCCC)OC(=O)CCCCCCCCCCCC)OC(=O)CCCCCCCCCCCCCCCCC(C)C. The molecule has 19 heteroatoms. The molecule has 0 aliphatic carbocycles. The Bertz CT molecular complexity index is 1830. The zero-order chi connectivity index (χ0) is 66.3. The lowest BCUT2D eigenvalue weighted by Gasteiger charge is -2.21. The van der Waals surface area contributed by atoms with Gasteiger partial charge in [-0.2, -0.15) is 0 Å². The van der Waals surface area contributed by atoms with Crippen molar-refractivity contribution in [2.45, 2.75) is 361 Å². The van der Waals surface area contributed by atoms with Crippen molar-refractivity contribution in [2.75, 3.05) is 39.6 Å². The number of allylic oxidation sites excluding steroid dienone is 4. The summed E-state index contributed by atoms with van der Waals surface area (Å²) in [5.41, 5.74) is 0. The van der Waals surface area contributed by atoms with Gasteiger partial charge in [-0.05, 0) is 57.3 Å². The van der Waals surface area contributed by atoms with Gasteiger partial charge in [0.15, 0.2) is 12.2 Å². The van der Waals surface area contributed by atoms with Crippen LogP contribution in [-0.4, -0.2) is 96.7 Å². The van der Waals surface area contributed by atoms with E-state index in [1.54, 1.807) is 0 Å². The topological polar surface area (TPSA) is 237 Å². The maximum atomic E-state index is 13.0. The van der Waals surface area contributed by atoms with Crippen LogP contribution in [0.2, 0.25) is 0 Å². The van der Waals surface area contributed by atoms with Crippen LogP contribution in [-0.2, 0) is 65.4 Å². The lowest BCUT2D eigenvalue weighted by molar-refractivity contribution is -0.161. The molecular weight excluding hydrogens is 1190 g/mol. The van der Waals surface area contributed by atoms with Crippen molar-refractivity contribution in [3.8, 4) is 0 Å². The minimum absolute atomic E-state index is 0.101. The van der Waals surface area contributed by atoms with Crippen molar-refractivity contribution >= 4 is 39.5 Å². The highest BCUT2D eigenvalue weighted by Crippen LogP contribution is 2.45. The van der Waals surface area contributed by atoms with Crippen molar-refractivity contribution in [2.24, 2.45) is 5.92 Å². The van der Waals surface area contributed by atoms with E-state index in [0.29, 0.717) is 25.7 Å². The van der Waals surface area contributed by atoms with Gasteiger partial charge in [0.25, 0.3) is 0 Å². The molecule has 0 amide bonds. The Morgan fingerprint density at radius 2 is 0.600 bits per heavy atom. The number of aliphatic hydroxyl groups excluding tert-OH is 1. The third-order valence-electron chi connectivity index (χ3n) is 15.9. The Hall–Kier alpha value is -2.46. The van der Waals surface area contributed by atoms with Crippen LogP contribution in [0.15, 0.2) is 24.3 Å². The van der Waals surface area contributed by atoms with Crippen LogP contribution < -0.4 is 0 Å². The second kappa shape index (κ2) is 63.9. The maximum absolute atomic E-state index is 13.0. The van der Waals surface area contributed by atoms with E-state index in [4.69, 9.17) is 37.0 Å². The number of esters is 4. The molecular formula is C71H134O17P2. The molecule has 0 bridgehead atoms. The first-order chi connectivity index (χ1) is 43.5. The molecule has 0 aromatic rings. The van der Waals surface area contributed by atoms with Crippen molar-refractivity contribution in [3.05, 3.63) is 24.3 Å². The van der Waals surface area contributed by atoms with Crippen LogP contribution in [0.25, 0.3) is 0 Å². The molecule has 0 heterocycles. The first-order valence-electron chi connectivity index (χ1n) is 36.5. The van der Waals surface area contributed by atoms with Gasteiger partial charge < -0.3 is 33.8 Å². The average Bonchev–Trinajstić information content (AvgIpc) is 3.68. The smallest absolute Gasteiger partial charge is 0.462 e. The standard InChI is InChI=1S/C71H134O17P2/c1-6-9-12-15-18-21-23-24-25-29-32-36-40-45-50-55-69(74)82-61-67(88-71(76)57-52-47-42-37-33-30-27-26-28-31-34-38-43-48-53-64(4)5)63-86-90(79,80)84-59-65(72)58-83-89(77,78)85-62-66(60-81-68(73)54-49-44-39-20-17-14-11-8-3)87-70(75)56-51-46-41-35-22-19-16-13-10-7-2/h21,23-25,64-67,72H,6-20,22,26-63H2,1-5H3,(H,77,78)(H,79,80)/b23-21-,25-24-/t65-,66+,67+/m0/s1. The van der Waals surface area contributed by atoms with Crippen LogP contribution in [0.1, 0.15) is 343 Å². The van der Waals surface area contributed by atoms with Gasteiger partial charge in [-0.3, -0.25) is 37.3 Å². The van der Waals surface area contributed by atoms with E-state index in [0.717, 1.165) is 121 Å². The Morgan fingerprint density at radius 1 is 0.344 bits per heavy atom. The normalized spacial score (nSPS) is 14.2. The molecule has 0 saturated carbocycles. The van der Waals surface area contributed by atoms with Gasteiger partial charge in [0.1, 0.15) is 19.3 Å². The summed E-state index contributed by atoms with van der Waals surface area (Å²) < 4.78 is 68.2. The summed E-state index contributed by atoms with van der Waals surface area (Å²) in [6.45, 7) is 7.17. The lowest BCUT2D eigenvalue weighted by Crippen LogP contribution is -2.30. The fraction of sp³-hybridized carbons (Fsp3) is 0.887. The monoisotopic (exact) mass is 1320 g/mol. The summed E-state index contributed by atoms with van der Waals surface area (Å²) >= 11 is 0. The van der Waals surface area contributed by atoms with E-state index in [1.165, 1.54) is 141 Å². The van der Waals surface area contributed by atoms with Gasteiger partial charge in [-0.25, -0.2) is 9.13 Å². The summed E-state index contributed by atoms with van der Waals surface area (Å²) in [5, 5.41) is 10.6. The molecule has 0 aromatic carbocycles. The lowest BCUT2D eigenvalue weighted by atomic mass is 10.0. The van der Waals surface area contributed by atoms with Crippen LogP contribution in [0.3, 0.4) is 0 Å². The Kier molecular flexibility index (Phi) is 62.2. The van der Waals surface area contributed by atoms with E-state index < -0.39 is 97.5 Å². The number of carbonyl (C=O) groups excluding carboxylic acids is 4. The minimum atomic E-state index is -4.96. The van der Waals surface area contributed by atoms with Gasteiger partial charge in [-0.1, -0.05) is 290 Å². The molecule has 5 atom stereocenters. The molecule has 3 N–H and O–H groups in total. The minimum Gasteiger partial charge on any atom is -0.462 e. The first-order valence-corrected chi connectivity index (χ1v) is 39.4. The summed E-state index contributed by atoms with van der Waals surface area (Å²) in [6.07, 6.45) is 53.5. The predicted molar refractivity (Wildman–Crippen MR) is 363 cm³/mol. The van der Waals surface area contributed by atoms with Crippen LogP contribution >= 0.6 is 15.6 Å². The average molecular weight is 1320 g/mol. The van der Waals surface area contributed by atoms with E-state index in [9.17, 15) is 43.2 Å². The second-order valence-corrected chi connectivity index (χ2v) is 28.3. The number of phosphoric acid groups is 2. The zero-order valence-electron chi connectivity index (χ0n) is 57.8. The highest BCUT2D eigenvalue weighted by atomic mass is 31.2. The molecule has 0 fully saturated rings. The Balaban J connectivity index is 5.24. The number of hydrogen-bond donors (Lipinski definition) is 3. The number of hydrogen-bond acceptors (Lipinski definition) is 15. The van der Waals surface area contributed by atoms with Crippen molar-refractivity contribution in [3.63, 3.8) is 0 Å². The second-order valence-electron chi connectivity index (χ2n) is 25.4. The summed E-state index contributed by atoms with van der Waals surface area (Å²) in [7, 11) is -9.91. The molecule has 0 rings (SSSR count). The molecule has 0 aromatic heterocycles. The quantitative estimate of drug-likeness (QED) is 0.0169. The van der Waals surface area contributed by atoms with Crippen LogP contribution in [0, 0.1) is 5.92 Å². The summed E-state index contributed by atoms with van der Waals surface area (Å²) in [6, 6.07) is 0. The molecule has 0 spiro atoms. The third kappa shape index (κ3) is 64.3. The van der Waals surface area contributed by atoms with Gasteiger partial charge in [-0.15, -0.1) is 0 Å². The van der Waals surface area contributed by atoms with E-state index in [2.05, 4.69) is 58.9 Å². The highest BCUT2D eigenvalue weighted by molar-refractivity contribution is 7.47. The van der Waals surface area contributed by atoms with Gasteiger partial charge in [0.2, 0.25) is 0 Å². The van der Waals surface area contributed by atoms with E-state index in [-0.39, 0.29) is 25.7 Å². The molecule has 530 valence electrons. The molecule has 90 heavy (non-hydrogen) atoms. The van der Waals surface area contributed by atoms with E-state index >= 15 is 0 Å². The number of carbonyl (C=O) groups is 4. The number of ether oxygens (including phenoxy) is 4. The van der Waals surface area contributed by atoms with E-state index in [1.807, 2.05) is 0 Å². The number of aliphatic hydroxyl groups is 1. The van der Waals surface area contributed by atoms with Crippen LogP contribution in [0.5, 0.6) is 0 Å². The van der Waals surface area contributed by atoms with Gasteiger partial charge >= 0.3 is 39.5 Å². The number of unbranched alkanes of at least 4 members (excludes halogenated alkanes) is 38. The van der Waals surface area contributed by atoms with Gasteiger partial charge in [0.05, 0.1) is 26.4 Å². The fourth-order valence-electron chi connectivity index (χ4n) is 10.3. The molecule has 17 nitrogen and oxygen atoms in total.